The summed E-state index contributed by atoms with van der Waals surface area (Å²) in [6.45, 7) is 5.65. The second-order valence-electron chi connectivity index (χ2n) is 32.8. The molecule has 21 rings (SSSR count). The number of para-hydroxylation sites is 8. The van der Waals surface area contributed by atoms with Crippen molar-refractivity contribution >= 4 is 90.1 Å². The Kier molecular flexibility index (Phi) is 20.0. The highest BCUT2D eigenvalue weighted by molar-refractivity contribution is 6.11. The smallest absolute Gasteiger partial charge is 0.0713 e. The minimum atomic E-state index is -0.740. The average molecular weight is 1580 g/mol. The first kappa shape index (κ1) is 75.4. The van der Waals surface area contributed by atoms with E-state index in [1.165, 1.54) is 130 Å². The quantitative estimate of drug-likeness (QED) is 0.0600. The van der Waals surface area contributed by atoms with Crippen molar-refractivity contribution in [3.8, 4) is 44.5 Å². The van der Waals surface area contributed by atoms with E-state index in [0.717, 1.165) is 81.2 Å². The number of benzene rings is 18. The number of aromatic nitrogens is 1. The van der Waals surface area contributed by atoms with E-state index < -0.39 is 10.8 Å². The summed E-state index contributed by atoms with van der Waals surface area (Å²) in [5.74, 6) is 0.520. The SMILES string of the molecule is CCCCC(CC)Cn1c2ccc(-c3ccc4c(c3)C(c3ccc(N(c5ccccc5)c5ccccc5)cc3)(c3ccc(N(c5ccccc5)c5ccccc5)cc3)c3ccccc3-4)cc2c2cc(-c3ccc4c(c3)C(c3ccc(N(c5ccccc5)c5ccccc5)cc3)(c3ccc(N(c5ccccc5)c5ccccc5)cc3)c3ccccc3-4)ccc21. The van der Waals surface area contributed by atoms with Crippen molar-refractivity contribution in [3.05, 3.63) is 506 Å². The van der Waals surface area contributed by atoms with Crippen molar-refractivity contribution in [3.63, 3.8) is 0 Å². The minimum absolute atomic E-state index is 0.520. The summed E-state index contributed by atoms with van der Waals surface area (Å²) in [7, 11) is 0. The summed E-state index contributed by atoms with van der Waals surface area (Å²) >= 11 is 0. The van der Waals surface area contributed by atoms with E-state index in [1.54, 1.807) is 0 Å². The van der Waals surface area contributed by atoms with E-state index in [4.69, 9.17) is 0 Å². The molecule has 2 aliphatic rings. The molecule has 0 saturated carbocycles. The molecule has 0 N–H and O–H groups in total. The van der Waals surface area contributed by atoms with E-state index >= 15 is 0 Å². The lowest BCUT2D eigenvalue weighted by Crippen LogP contribution is -2.29. The van der Waals surface area contributed by atoms with Gasteiger partial charge in [0, 0.05) is 96.6 Å². The van der Waals surface area contributed by atoms with Gasteiger partial charge in [0.1, 0.15) is 0 Å². The van der Waals surface area contributed by atoms with Crippen molar-refractivity contribution in [1.82, 2.24) is 4.57 Å². The number of anilines is 12. The minimum Gasteiger partial charge on any atom is -0.340 e. The molecule has 1 unspecified atom stereocenters. The van der Waals surface area contributed by atoms with E-state index in [9.17, 15) is 0 Å². The number of nitrogens with zero attached hydrogens (tertiary/aromatic N) is 5. The van der Waals surface area contributed by atoms with Crippen molar-refractivity contribution in [2.45, 2.75) is 56.9 Å². The molecule has 1 aromatic heterocycles. The third-order valence-electron chi connectivity index (χ3n) is 26.0. The van der Waals surface area contributed by atoms with Gasteiger partial charge in [-0.2, -0.15) is 0 Å². The predicted octanol–water partition coefficient (Wildman–Crippen LogP) is 32.0. The van der Waals surface area contributed by atoms with Gasteiger partial charge in [-0.25, -0.2) is 0 Å². The van der Waals surface area contributed by atoms with E-state index in [1.807, 2.05) is 0 Å². The molecule has 0 saturated heterocycles. The first-order chi connectivity index (χ1) is 60.9. The summed E-state index contributed by atoms with van der Waals surface area (Å²) in [5.41, 5.74) is 33.6. The number of rotatable bonds is 24. The maximum absolute atomic E-state index is 2.66. The van der Waals surface area contributed by atoms with Crippen LogP contribution in [0.2, 0.25) is 0 Å². The van der Waals surface area contributed by atoms with Crippen molar-refractivity contribution < 1.29 is 0 Å². The Hall–Kier alpha value is -15.0. The number of hydrogen-bond acceptors (Lipinski definition) is 4. The molecule has 0 fully saturated rings. The fraction of sp³-hybridized carbons (Fsp3) is 0.0847. The van der Waals surface area contributed by atoms with Crippen LogP contribution in [0, 0.1) is 5.92 Å². The summed E-state index contributed by atoms with van der Waals surface area (Å²) in [5, 5.41) is 2.50. The van der Waals surface area contributed by atoms with Gasteiger partial charge in [-0.1, -0.05) is 312 Å². The topological polar surface area (TPSA) is 17.9 Å². The molecule has 1 heterocycles. The average Bonchev–Trinajstić information content (AvgIpc) is 1.54. The fourth-order valence-electron chi connectivity index (χ4n) is 20.2. The van der Waals surface area contributed by atoms with Crippen molar-refractivity contribution in [2.75, 3.05) is 19.6 Å². The van der Waals surface area contributed by atoms with Gasteiger partial charge < -0.3 is 24.2 Å². The maximum Gasteiger partial charge on any atom is 0.0713 e. The van der Waals surface area contributed by atoms with Gasteiger partial charge in [0.05, 0.1) is 10.8 Å². The Labute approximate surface area is 722 Å². The van der Waals surface area contributed by atoms with Crippen LogP contribution in [0.25, 0.3) is 66.3 Å². The summed E-state index contributed by atoms with van der Waals surface area (Å²) in [6.07, 6.45) is 4.68. The van der Waals surface area contributed by atoms with Crippen LogP contribution in [0.15, 0.2) is 461 Å². The molecule has 0 radical (unpaired) electrons. The lowest BCUT2D eigenvalue weighted by Gasteiger charge is -2.35. The molecule has 5 nitrogen and oxygen atoms in total. The zero-order valence-corrected chi connectivity index (χ0v) is 69.2. The van der Waals surface area contributed by atoms with Crippen LogP contribution >= 0.6 is 0 Å². The Morgan fingerprint density at radius 3 is 0.732 bits per heavy atom. The lowest BCUT2D eigenvalue weighted by molar-refractivity contribution is 0.401. The van der Waals surface area contributed by atoms with Crippen LogP contribution in [-0.2, 0) is 17.4 Å². The van der Waals surface area contributed by atoms with E-state index in [-0.39, 0.29) is 0 Å². The van der Waals surface area contributed by atoms with Gasteiger partial charge in [0.2, 0.25) is 0 Å². The largest absolute Gasteiger partial charge is 0.340 e. The zero-order chi connectivity index (χ0) is 82.2. The molecule has 590 valence electrons. The molecule has 0 bridgehead atoms. The van der Waals surface area contributed by atoms with Gasteiger partial charge in [0.15, 0.2) is 0 Å². The molecule has 0 aliphatic heterocycles. The van der Waals surface area contributed by atoms with Crippen LogP contribution in [0.1, 0.15) is 84.0 Å². The van der Waals surface area contributed by atoms with Gasteiger partial charge in [-0.3, -0.25) is 0 Å². The predicted molar refractivity (Wildman–Crippen MR) is 517 cm³/mol. The Balaban J connectivity index is 0.733. The van der Waals surface area contributed by atoms with Crippen LogP contribution in [0.4, 0.5) is 68.2 Å². The molecule has 0 spiro atoms. The Morgan fingerprint density at radius 1 is 0.228 bits per heavy atom. The second-order valence-corrected chi connectivity index (χ2v) is 32.8. The number of hydrogen-bond donors (Lipinski definition) is 0. The number of fused-ring (bicyclic) bond motifs is 9. The van der Waals surface area contributed by atoms with Crippen LogP contribution in [-0.4, -0.2) is 4.57 Å². The third kappa shape index (κ3) is 13.4. The normalized spacial score (nSPS) is 12.9. The van der Waals surface area contributed by atoms with Crippen molar-refractivity contribution in [1.29, 1.82) is 0 Å². The zero-order valence-electron chi connectivity index (χ0n) is 69.2. The fourth-order valence-corrected chi connectivity index (χ4v) is 20.2. The monoisotopic (exact) mass is 1580 g/mol. The number of unbranched alkanes of at least 4 members (excludes halogenated alkanes) is 1. The van der Waals surface area contributed by atoms with Crippen LogP contribution in [0.5, 0.6) is 0 Å². The van der Waals surface area contributed by atoms with Crippen LogP contribution < -0.4 is 19.6 Å². The summed E-state index contributed by atoms with van der Waals surface area (Å²) in [4.78, 5) is 9.45. The van der Waals surface area contributed by atoms with Gasteiger partial charge in [-0.05, 0) is 283 Å². The van der Waals surface area contributed by atoms with Gasteiger partial charge in [-0.15, -0.1) is 0 Å². The van der Waals surface area contributed by atoms with E-state index in [2.05, 4.69) is 499 Å². The molecule has 123 heavy (non-hydrogen) atoms. The standard InChI is InChI=1S/C118H93N5/c1-3-5-34-84(4-2)83-119-115-77-57-85(87-55-75-107-105-51-30-32-53-111(105)117(113(107)81-87,89-59-67-101(68-60-89)120(93-35-14-6-15-36-93)94-37-16-7-17-38-94)90-61-69-102(70-62-90)121(95-39-18-8-19-40-95)96-41-20-9-21-42-96)79-109(115)110-80-86(58-78-116(110)119)88-56-76-108-106-52-31-33-54-112(106)118(114(108)82-88,91-63-71-103(72-64-91)122(97-43-22-10-23-44-97)98-45-24-11-25-46-98)92-65-73-104(74-66-92)123(99-47-26-12-27-48-99)100-49-28-13-29-50-100/h6-33,35-82,84H,3-5,34,83H2,1-2H3. The molecular formula is C118H93N5. The molecule has 0 amide bonds. The van der Waals surface area contributed by atoms with Gasteiger partial charge >= 0.3 is 0 Å². The Bertz CT molecular complexity index is 6120. The highest BCUT2D eigenvalue weighted by atomic mass is 15.2. The first-order valence-corrected chi connectivity index (χ1v) is 43.5. The molecule has 5 heteroatoms. The first-order valence-electron chi connectivity index (χ1n) is 43.5. The van der Waals surface area contributed by atoms with Crippen molar-refractivity contribution in [2.24, 2.45) is 5.92 Å². The van der Waals surface area contributed by atoms with Crippen LogP contribution in [0.3, 0.4) is 0 Å². The molecule has 2 aliphatic carbocycles. The molecule has 1 atom stereocenters. The summed E-state index contributed by atoms with van der Waals surface area (Å²) < 4.78 is 2.66. The highest BCUT2D eigenvalue weighted by Gasteiger charge is 2.48. The lowest BCUT2D eigenvalue weighted by atomic mass is 9.67. The second kappa shape index (κ2) is 32.6. The highest BCUT2D eigenvalue weighted by Crippen LogP contribution is 2.60. The molecule has 19 aromatic rings. The summed E-state index contributed by atoms with van der Waals surface area (Å²) in [6, 6.07) is 172. The Morgan fingerprint density at radius 2 is 0.463 bits per heavy atom. The van der Waals surface area contributed by atoms with E-state index in [0.29, 0.717) is 5.92 Å². The molecule has 18 aromatic carbocycles. The third-order valence-corrected chi connectivity index (χ3v) is 26.0. The van der Waals surface area contributed by atoms with Gasteiger partial charge in [0.25, 0.3) is 0 Å². The maximum atomic E-state index is 2.66. The molecular weight excluding hydrogens is 1490 g/mol.